The van der Waals surface area contributed by atoms with Crippen LogP contribution in [0.5, 0.6) is 0 Å². The maximum absolute atomic E-state index is 12.6. The Morgan fingerprint density at radius 1 is 1.10 bits per heavy atom. The summed E-state index contributed by atoms with van der Waals surface area (Å²) >= 11 is 1.51. The first-order valence-corrected chi connectivity index (χ1v) is 9.75. The Kier molecular flexibility index (Phi) is 5.25. The van der Waals surface area contributed by atoms with E-state index in [1.54, 1.807) is 12.4 Å². The quantitative estimate of drug-likeness (QED) is 0.425. The number of rotatable bonds is 6. The van der Waals surface area contributed by atoms with Gasteiger partial charge in [0.15, 0.2) is 5.13 Å². The zero-order valence-electron chi connectivity index (χ0n) is 15.2. The van der Waals surface area contributed by atoms with E-state index in [9.17, 15) is 13.2 Å². The molecular formula is C20H18F3N5S. The lowest BCUT2D eigenvalue weighted by Crippen LogP contribution is -2.31. The van der Waals surface area contributed by atoms with Gasteiger partial charge in [-0.1, -0.05) is 35.6 Å². The number of alkyl halides is 3. The van der Waals surface area contributed by atoms with Gasteiger partial charge in [-0.05, 0) is 35.7 Å². The van der Waals surface area contributed by atoms with Crippen molar-refractivity contribution in [2.24, 2.45) is 5.73 Å². The predicted molar refractivity (Wildman–Crippen MR) is 109 cm³/mol. The molecule has 0 aliphatic rings. The SMILES string of the molecule is N[C@@H](CNc1ncc(-c2ccc3cn[nH]c3c2)s1)Cc1ccc(C(F)(F)F)cc1. The fraction of sp³-hybridized carbons (Fsp3) is 0.200. The maximum Gasteiger partial charge on any atom is 0.416 e. The van der Waals surface area contributed by atoms with Gasteiger partial charge in [0.05, 0.1) is 22.2 Å². The van der Waals surface area contributed by atoms with Crippen molar-refractivity contribution in [3.63, 3.8) is 0 Å². The first-order chi connectivity index (χ1) is 13.9. The number of fused-ring (bicyclic) bond motifs is 1. The number of halogens is 3. The highest BCUT2D eigenvalue weighted by Crippen LogP contribution is 2.31. The highest BCUT2D eigenvalue weighted by atomic mass is 32.1. The van der Waals surface area contributed by atoms with Gasteiger partial charge in [-0.25, -0.2) is 4.98 Å². The molecule has 4 rings (SSSR count). The molecule has 0 unspecified atom stereocenters. The van der Waals surface area contributed by atoms with Crippen LogP contribution in [-0.4, -0.2) is 27.8 Å². The van der Waals surface area contributed by atoms with Crippen LogP contribution < -0.4 is 11.1 Å². The molecule has 0 bridgehead atoms. The van der Waals surface area contributed by atoms with Gasteiger partial charge < -0.3 is 11.1 Å². The molecule has 4 aromatic rings. The fourth-order valence-electron chi connectivity index (χ4n) is 3.00. The van der Waals surface area contributed by atoms with Crippen LogP contribution in [0.2, 0.25) is 0 Å². The largest absolute Gasteiger partial charge is 0.416 e. The summed E-state index contributed by atoms with van der Waals surface area (Å²) in [5, 5.41) is 12.0. The van der Waals surface area contributed by atoms with Gasteiger partial charge in [0, 0.05) is 24.2 Å². The van der Waals surface area contributed by atoms with Gasteiger partial charge in [0.1, 0.15) is 0 Å². The summed E-state index contributed by atoms with van der Waals surface area (Å²) in [5.41, 5.74) is 8.24. The maximum atomic E-state index is 12.6. The van der Waals surface area contributed by atoms with Crippen molar-refractivity contribution in [3.8, 4) is 10.4 Å². The number of hydrogen-bond donors (Lipinski definition) is 3. The van der Waals surface area contributed by atoms with Gasteiger partial charge in [-0.2, -0.15) is 18.3 Å². The minimum atomic E-state index is -4.33. The third-order valence-corrected chi connectivity index (χ3v) is 5.53. The van der Waals surface area contributed by atoms with E-state index in [2.05, 4.69) is 20.5 Å². The first kappa shape index (κ1) is 19.4. The van der Waals surface area contributed by atoms with Crippen molar-refractivity contribution < 1.29 is 13.2 Å². The molecule has 0 amide bonds. The van der Waals surface area contributed by atoms with Gasteiger partial charge >= 0.3 is 6.18 Å². The number of nitrogens with zero attached hydrogens (tertiary/aromatic N) is 2. The minimum Gasteiger partial charge on any atom is -0.360 e. The number of aromatic amines is 1. The third-order valence-electron chi connectivity index (χ3n) is 4.53. The molecule has 150 valence electrons. The van der Waals surface area contributed by atoms with Gasteiger partial charge in [-0.15, -0.1) is 0 Å². The van der Waals surface area contributed by atoms with Crippen molar-refractivity contribution in [2.45, 2.75) is 18.6 Å². The lowest BCUT2D eigenvalue weighted by Gasteiger charge is -2.13. The van der Waals surface area contributed by atoms with Crippen LogP contribution in [-0.2, 0) is 12.6 Å². The molecule has 2 aromatic carbocycles. The Bertz CT molecular complexity index is 1100. The molecule has 2 heterocycles. The normalized spacial score (nSPS) is 13.0. The van der Waals surface area contributed by atoms with Crippen LogP contribution in [0.3, 0.4) is 0 Å². The molecule has 0 spiro atoms. The number of anilines is 1. The van der Waals surface area contributed by atoms with E-state index in [1.165, 1.54) is 23.5 Å². The van der Waals surface area contributed by atoms with Crippen LogP contribution in [0.25, 0.3) is 21.3 Å². The molecule has 2 aromatic heterocycles. The number of hydrogen-bond acceptors (Lipinski definition) is 5. The van der Waals surface area contributed by atoms with Gasteiger partial charge in [0.25, 0.3) is 0 Å². The molecule has 0 aliphatic carbocycles. The highest BCUT2D eigenvalue weighted by Gasteiger charge is 2.29. The van der Waals surface area contributed by atoms with Crippen molar-refractivity contribution in [1.29, 1.82) is 0 Å². The van der Waals surface area contributed by atoms with Crippen LogP contribution >= 0.6 is 11.3 Å². The minimum absolute atomic E-state index is 0.250. The third kappa shape index (κ3) is 4.57. The molecule has 0 saturated heterocycles. The van der Waals surface area contributed by atoms with E-state index in [0.717, 1.165) is 44.2 Å². The molecule has 0 aliphatic heterocycles. The van der Waals surface area contributed by atoms with Crippen LogP contribution in [0.1, 0.15) is 11.1 Å². The Morgan fingerprint density at radius 2 is 1.90 bits per heavy atom. The molecular weight excluding hydrogens is 399 g/mol. The van der Waals surface area contributed by atoms with Crippen molar-refractivity contribution in [3.05, 3.63) is 66.0 Å². The zero-order valence-corrected chi connectivity index (χ0v) is 16.0. The Hall–Kier alpha value is -2.91. The Labute approximate surface area is 168 Å². The first-order valence-electron chi connectivity index (χ1n) is 8.93. The predicted octanol–water partition coefficient (Wildman–Crippen LogP) is 4.69. The number of benzene rings is 2. The average Bonchev–Trinajstić information content (AvgIpc) is 3.35. The molecule has 5 nitrogen and oxygen atoms in total. The summed E-state index contributed by atoms with van der Waals surface area (Å²) < 4.78 is 37.9. The Balaban J connectivity index is 1.34. The monoisotopic (exact) mass is 417 g/mol. The van der Waals surface area contributed by atoms with Crippen LogP contribution in [0.15, 0.2) is 54.9 Å². The van der Waals surface area contributed by atoms with Gasteiger partial charge in [0.2, 0.25) is 0 Å². The lowest BCUT2D eigenvalue weighted by molar-refractivity contribution is -0.137. The zero-order chi connectivity index (χ0) is 20.4. The van der Waals surface area contributed by atoms with E-state index in [-0.39, 0.29) is 6.04 Å². The molecule has 0 radical (unpaired) electrons. The number of aromatic nitrogens is 3. The molecule has 9 heteroatoms. The average molecular weight is 417 g/mol. The molecule has 4 N–H and O–H groups in total. The summed E-state index contributed by atoms with van der Waals surface area (Å²) in [6, 6.07) is 10.9. The highest BCUT2D eigenvalue weighted by molar-refractivity contribution is 7.18. The molecule has 1 atom stereocenters. The summed E-state index contributed by atoms with van der Waals surface area (Å²) in [5.74, 6) is 0. The number of nitrogens with two attached hydrogens (primary N) is 1. The molecule has 29 heavy (non-hydrogen) atoms. The standard InChI is InChI=1S/C20H18F3N5S/c21-20(22,23)15-5-1-12(2-6-15)7-16(24)10-25-19-26-11-18(29-19)13-3-4-14-9-27-28-17(14)8-13/h1-6,8-9,11,16H,7,10,24H2,(H,25,26)(H,27,28)/t16-/m1/s1. The van der Waals surface area contributed by atoms with E-state index in [0.29, 0.717) is 13.0 Å². The van der Waals surface area contributed by atoms with Crippen molar-refractivity contribution in [2.75, 3.05) is 11.9 Å². The summed E-state index contributed by atoms with van der Waals surface area (Å²) in [7, 11) is 0. The van der Waals surface area contributed by atoms with Crippen molar-refractivity contribution in [1.82, 2.24) is 15.2 Å². The smallest absolute Gasteiger partial charge is 0.360 e. The van der Waals surface area contributed by atoms with Gasteiger partial charge in [-0.3, -0.25) is 5.10 Å². The second-order valence-electron chi connectivity index (χ2n) is 6.74. The summed E-state index contributed by atoms with van der Waals surface area (Å²) in [6.07, 6.45) is -0.282. The number of H-pyrrole nitrogens is 1. The van der Waals surface area contributed by atoms with Crippen LogP contribution in [0.4, 0.5) is 18.3 Å². The van der Waals surface area contributed by atoms with E-state index < -0.39 is 11.7 Å². The van der Waals surface area contributed by atoms with E-state index >= 15 is 0 Å². The van der Waals surface area contributed by atoms with Crippen LogP contribution in [0, 0.1) is 0 Å². The fourth-order valence-corrected chi connectivity index (χ4v) is 3.82. The summed E-state index contributed by atoms with van der Waals surface area (Å²) in [6.45, 7) is 0.466. The lowest BCUT2D eigenvalue weighted by atomic mass is 10.0. The van der Waals surface area contributed by atoms with E-state index in [4.69, 9.17) is 5.73 Å². The second-order valence-corrected chi connectivity index (χ2v) is 7.77. The topological polar surface area (TPSA) is 79.6 Å². The number of nitrogens with one attached hydrogen (secondary N) is 2. The molecule has 0 fully saturated rings. The van der Waals surface area contributed by atoms with E-state index in [1.807, 2.05) is 18.2 Å². The molecule has 0 saturated carbocycles. The second kappa shape index (κ2) is 7.84. The number of thiazole rings is 1. The Morgan fingerprint density at radius 3 is 2.66 bits per heavy atom. The summed E-state index contributed by atoms with van der Waals surface area (Å²) in [4.78, 5) is 5.39. The van der Waals surface area contributed by atoms with Crippen molar-refractivity contribution >= 4 is 27.4 Å².